The van der Waals surface area contributed by atoms with Crippen molar-refractivity contribution in [2.75, 3.05) is 18.0 Å². The first kappa shape index (κ1) is 13.8. The molecule has 0 unspecified atom stereocenters. The topological polar surface area (TPSA) is 42.2 Å². The lowest BCUT2D eigenvalue weighted by molar-refractivity contribution is 0.734. The van der Waals surface area contributed by atoms with Crippen molar-refractivity contribution in [3.63, 3.8) is 0 Å². The Balaban J connectivity index is 2.54. The number of fused-ring (bicyclic) bond motifs is 1. The summed E-state index contributed by atoms with van der Waals surface area (Å²) in [5.74, 6) is 1.09. The standard InChI is InChI=1S/C16H23N3/c1-3-9-19(10-4-2)16-15-8-6-5-7-13(15)11-14(12-17)18-16/h5-8,11H,3-4,9-10,12,17H2,1-2H3. The van der Waals surface area contributed by atoms with E-state index in [4.69, 9.17) is 10.7 Å². The van der Waals surface area contributed by atoms with Crippen molar-refractivity contribution in [3.8, 4) is 0 Å². The summed E-state index contributed by atoms with van der Waals surface area (Å²) < 4.78 is 0. The van der Waals surface area contributed by atoms with Crippen molar-refractivity contribution in [1.82, 2.24) is 4.98 Å². The van der Waals surface area contributed by atoms with Crippen molar-refractivity contribution in [2.45, 2.75) is 33.2 Å². The number of rotatable bonds is 6. The average Bonchev–Trinajstić information content (AvgIpc) is 2.46. The van der Waals surface area contributed by atoms with E-state index in [0.717, 1.165) is 37.4 Å². The molecule has 0 saturated heterocycles. The Labute approximate surface area is 115 Å². The first-order chi connectivity index (χ1) is 9.30. The fourth-order valence-electron chi connectivity index (χ4n) is 2.44. The molecular weight excluding hydrogens is 234 g/mol. The van der Waals surface area contributed by atoms with Gasteiger partial charge in [-0.2, -0.15) is 0 Å². The van der Waals surface area contributed by atoms with E-state index in [1.165, 1.54) is 10.8 Å². The molecule has 0 saturated carbocycles. The second-order valence-electron chi connectivity index (χ2n) is 4.85. The van der Waals surface area contributed by atoms with Gasteiger partial charge >= 0.3 is 0 Å². The lowest BCUT2D eigenvalue weighted by Gasteiger charge is -2.24. The fourth-order valence-corrected chi connectivity index (χ4v) is 2.44. The number of anilines is 1. The van der Waals surface area contributed by atoms with Gasteiger partial charge in [-0.15, -0.1) is 0 Å². The predicted molar refractivity (Wildman–Crippen MR) is 82.4 cm³/mol. The lowest BCUT2D eigenvalue weighted by Crippen LogP contribution is -2.26. The van der Waals surface area contributed by atoms with E-state index < -0.39 is 0 Å². The van der Waals surface area contributed by atoms with Gasteiger partial charge in [-0.1, -0.05) is 38.1 Å². The summed E-state index contributed by atoms with van der Waals surface area (Å²) in [5, 5.41) is 2.45. The Hall–Kier alpha value is -1.61. The molecule has 0 spiro atoms. The zero-order valence-corrected chi connectivity index (χ0v) is 11.9. The molecule has 19 heavy (non-hydrogen) atoms. The third kappa shape index (κ3) is 3.04. The molecule has 1 aromatic heterocycles. The van der Waals surface area contributed by atoms with Crippen LogP contribution in [-0.2, 0) is 6.54 Å². The van der Waals surface area contributed by atoms with Crippen LogP contribution in [0.25, 0.3) is 10.8 Å². The molecule has 2 rings (SSSR count). The highest BCUT2D eigenvalue weighted by atomic mass is 15.2. The summed E-state index contributed by atoms with van der Waals surface area (Å²) >= 11 is 0. The molecule has 2 N–H and O–H groups in total. The second-order valence-corrected chi connectivity index (χ2v) is 4.85. The van der Waals surface area contributed by atoms with Crippen LogP contribution in [0.2, 0.25) is 0 Å². The van der Waals surface area contributed by atoms with Crippen LogP contribution < -0.4 is 10.6 Å². The van der Waals surface area contributed by atoms with Gasteiger partial charge < -0.3 is 10.6 Å². The van der Waals surface area contributed by atoms with Crippen molar-refractivity contribution in [3.05, 3.63) is 36.0 Å². The number of hydrogen-bond acceptors (Lipinski definition) is 3. The zero-order chi connectivity index (χ0) is 13.7. The van der Waals surface area contributed by atoms with E-state index in [9.17, 15) is 0 Å². The van der Waals surface area contributed by atoms with Crippen molar-refractivity contribution >= 4 is 16.6 Å². The second kappa shape index (κ2) is 6.53. The predicted octanol–water partition coefficient (Wildman–Crippen LogP) is 3.32. The van der Waals surface area contributed by atoms with Crippen LogP contribution in [-0.4, -0.2) is 18.1 Å². The maximum atomic E-state index is 5.78. The van der Waals surface area contributed by atoms with Gasteiger partial charge in [0.25, 0.3) is 0 Å². The molecule has 0 aliphatic carbocycles. The summed E-state index contributed by atoms with van der Waals surface area (Å²) in [4.78, 5) is 7.13. The molecular formula is C16H23N3. The van der Waals surface area contributed by atoms with Gasteiger partial charge in [0, 0.05) is 25.0 Å². The Kier molecular flexibility index (Phi) is 4.74. The molecule has 0 amide bonds. The van der Waals surface area contributed by atoms with Crippen molar-refractivity contribution < 1.29 is 0 Å². The molecule has 1 aromatic carbocycles. The smallest absolute Gasteiger partial charge is 0.136 e. The first-order valence-corrected chi connectivity index (χ1v) is 7.13. The molecule has 0 aliphatic rings. The van der Waals surface area contributed by atoms with E-state index in [-0.39, 0.29) is 0 Å². The van der Waals surface area contributed by atoms with Crippen molar-refractivity contribution in [1.29, 1.82) is 0 Å². The SMILES string of the molecule is CCCN(CCC)c1nc(CN)cc2ccccc12. The molecule has 0 atom stereocenters. The van der Waals surface area contributed by atoms with E-state index >= 15 is 0 Å². The quantitative estimate of drug-likeness (QED) is 0.863. The van der Waals surface area contributed by atoms with Gasteiger partial charge in [-0.25, -0.2) is 4.98 Å². The third-order valence-electron chi connectivity index (χ3n) is 3.27. The van der Waals surface area contributed by atoms with Gasteiger partial charge in [-0.3, -0.25) is 0 Å². The zero-order valence-electron chi connectivity index (χ0n) is 11.9. The Morgan fingerprint density at radius 1 is 1.11 bits per heavy atom. The Morgan fingerprint density at radius 2 is 1.79 bits per heavy atom. The molecule has 0 radical (unpaired) electrons. The molecule has 0 aliphatic heterocycles. The summed E-state index contributed by atoms with van der Waals surface area (Å²) in [6.07, 6.45) is 2.26. The molecule has 2 aromatic rings. The normalized spacial score (nSPS) is 10.9. The van der Waals surface area contributed by atoms with Crippen molar-refractivity contribution in [2.24, 2.45) is 5.73 Å². The molecule has 3 heteroatoms. The minimum absolute atomic E-state index is 0.490. The van der Waals surface area contributed by atoms with Gasteiger partial charge in [0.2, 0.25) is 0 Å². The number of aromatic nitrogens is 1. The van der Waals surface area contributed by atoms with E-state index in [0.29, 0.717) is 6.54 Å². The summed E-state index contributed by atoms with van der Waals surface area (Å²) in [6.45, 7) is 6.98. The van der Waals surface area contributed by atoms with Gasteiger partial charge in [0.15, 0.2) is 0 Å². The highest BCUT2D eigenvalue weighted by molar-refractivity contribution is 5.92. The van der Waals surface area contributed by atoms with Crippen LogP contribution in [0.5, 0.6) is 0 Å². The van der Waals surface area contributed by atoms with E-state index in [1.54, 1.807) is 0 Å². The molecule has 0 bridgehead atoms. The first-order valence-electron chi connectivity index (χ1n) is 7.13. The Bertz CT molecular complexity index is 531. The highest BCUT2D eigenvalue weighted by Gasteiger charge is 2.11. The van der Waals surface area contributed by atoms with E-state index in [1.807, 2.05) is 0 Å². The van der Waals surface area contributed by atoms with Crippen LogP contribution >= 0.6 is 0 Å². The number of hydrogen-bond donors (Lipinski definition) is 1. The largest absolute Gasteiger partial charge is 0.356 e. The van der Waals surface area contributed by atoms with Gasteiger partial charge in [0.05, 0.1) is 5.69 Å². The molecule has 102 valence electrons. The summed E-state index contributed by atoms with van der Waals surface area (Å²) in [7, 11) is 0. The van der Waals surface area contributed by atoms with Crippen LogP contribution in [0.4, 0.5) is 5.82 Å². The summed E-state index contributed by atoms with van der Waals surface area (Å²) in [6, 6.07) is 10.5. The van der Waals surface area contributed by atoms with Gasteiger partial charge in [-0.05, 0) is 24.3 Å². The summed E-state index contributed by atoms with van der Waals surface area (Å²) in [5.41, 5.74) is 6.74. The maximum absolute atomic E-state index is 5.78. The number of benzene rings is 1. The van der Waals surface area contributed by atoms with Crippen LogP contribution in [0.1, 0.15) is 32.4 Å². The van der Waals surface area contributed by atoms with Crippen LogP contribution in [0.15, 0.2) is 30.3 Å². The van der Waals surface area contributed by atoms with Crippen LogP contribution in [0.3, 0.4) is 0 Å². The lowest BCUT2D eigenvalue weighted by atomic mass is 10.1. The highest BCUT2D eigenvalue weighted by Crippen LogP contribution is 2.26. The van der Waals surface area contributed by atoms with Gasteiger partial charge in [0.1, 0.15) is 5.82 Å². The maximum Gasteiger partial charge on any atom is 0.136 e. The van der Waals surface area contributed by atoms with E-state index in [2.05, 4.69) is 49.1 Å². The molecule has 0 fully saturated rings. The third-order valence-corrected chi connectivity index (χ3v) is 3.27. The minimum atomic E-state index is 0.490. The Morgan fingerprint density at radius 3 is 2.42 bits per heavy atom. The number of pyridine rings is 1. The minimum Gasteiger partial charge on any atom is -0.356 e. The fraction of sp³-hybridized carbons (Fsp3) is 0.438. The average molecular weight is 257 g/mol. The molecule has 1 heterocycles. The number of nitrogens with two attached hydrogens (primary N) is 1. The van der Waals surface area contributed by atoms with Crippen LogP contribution in [0, 0.1) is 0 Å². The molecule has 3 nitrogen and oxygen atoms in total. The monoisotopic (exact) mass is 257 g/mol. The number of nitrogens with zero attached hydrogens (tertiary/aromatic N) is 2.